The van der Waals surface area contributed by atoms with Crippen molar-refractivity contribution in [2.75, 3.05) is 7.11 Å². The van der Waals surface area contributed by atoms with Crippen LogP contribution in [-0.2, 0) is 11.2 Å². The van der Waals surface area contributed by atoms with E-state index in [0.717, 1.165) is 12.8 Å². The van der Waals surface area contributed by atoms with Gasteiger partial charge in [0.2, 0.25) is 0 Å². The molecule has 0 saturated carbocycles. The van der Waals surface area contributed by atoms with Gasteiger partial charge in [-0.15, -0.1) is 0 Å². The predicted octanol–water partition coefficient (Wildman–Crippen LogP) is 3.31. The third-order valence-corrected chi connectivity index (χ3v) is 3.09. The highest BCUT2D eigenvalue weighted by Crippen LogP contribution is 2.20. The Morgan fingerprint density at radius 2 is 2.00 bits per heavy atom. The van der Waals surface area contributed by atoms with Crippen molar-refractivity contribution < 1.29 is 4.74 Å². The summed E-state index contributed by atoms with van der Waals surface area (Å²) in [4.78, 5) is 0. The van der Waals surface area contributed by atoms with Gasteiger partial charge in [0.1, 0.15) is 0 Å². The topological polar surface area (TPSA) is 35.2 Å². The molecule has 96 valence electrons. The highest BCUT2D eigenvalue weighted by Gasteiger charge is 2.17. The Balaban J connectivity index is 2.83. The van der Waals surface area contributed by atoms with Crippen molar-refractivity contribution in [2.45, 2.75) is 45.8 Å². The summed E-state index contributed by atoms with van der Waals surface area (Å²) in [6.45, 7) is 6.57. The summed E-state index contributed by atoms with van der Waals surface area (Å²) in [5.74, 6) is 0.672. The lowest BCUT2D eigenvalue weighted by Crippen LogP contribution is -2.27. The van der Waals surface area contributed by atoms with Gasteiger partial charge in [0.05, 0.1) is 12.1 Å². The Kier molecular flexibility index (Phi) is 5.66. The Morgan fingerprint density at radius 3 is 2.53 bits per heavy atom. The summed E-state index contributed by atoms with van der Waals surface area (Å²) in [6.07, 6.45) is 2.14. The maximum atomic E-state index is 6.23. The Bertz CT molecular complexity index is 331. The summed E-state index contributed by atoms with van der Waals surface area (Å²) < 4.78 is 5.41. The number of benzene rings is 1. The van der Waals surface area contributed by atoms with E-state index in [1.54, 1.807) is 7.11 Å². The molecule has 1 aromatic carbocycles. The molecule has 2 nitrogen and oxygen atoms in total. The molecule has 0 saturated heterocycles. The van der Waals surface area contributed by atoms with Gasteiger partial charge in [-0.25, -0.2) is 0 Å². The van der Waals surface area contributed by atoms with Crippen LogP contribution in [0.5, 0.6) is 0 Å². The van der Waals surface area contributed by atoms with Crippen LogP contribution in [0.25, 0.3) is 0 Å². The first-order valence-corrected chi connectivity index (χ1v) is 6.45. The molecular weight excluding hydrogens is 210 g/mol. The molecule has 0 radical (unpaired) electrons. The minimum absolute atomic E-state index is 0.0305. The first kappa shape index (κ1) is 14.2. The third-order valence-electron chi connectivity index (χ3n) is 3.09. The second-order valence-corrected chi connectivity index (χ2v) is 5.05. The lowest BCUT2D eigenvalue weighted by atomic mass is 9.95. The van der Waals surface area contributed by atoms with Crippen LogP contribution in [0.15, 0.2) is 24.3 Å². The van der Waals surface area contributed by atoms with Gasteiger partial charge in [-0.2, -0.15) is 0 Å². The molecule has 0 aliphatic carbocycles. The van der Waals surface area contributed by atoms with E-state index in [4.69, 9.17) is 10.5 Å². The van der Waals surface area contributed by atoms with E-state index in [0.29, 0.717) is 5.92 Å². The predicted molar refractivity (Wildman–Crippen MR) is 73.0 cm³/mol. The molecular formula is C15H25NO. The van der Waals surface area contributed by atoms with Crippen molar-refractivity contribution in [1.82, 2.24) is 0 Å². The van der Waals surface area contributed by atoms with Crippen LogP contribution < -0.4 is 5.73 Å². The fraction of sp³-hybridized carbons (Fsp3) is 0.600. The van der Waals surface area contributed by atoms with E-state index in [2.05, 4.69) is 45.0 Å². The zero-order valence-corrected chi connectivity index (χ0v) is 11.4. The lowest BCUT2D eigenvalue weighted by molar-refractivity contribution is 0.0772. The van der Waals surface area contributed by atoms with Gasteiger partial charge >= 0.3 is 0 Å². The van der Waals surface area contributed by atoms with Gasteiger partial charge < -0.3 is 10.5 Å². The molecule has 2 atom stereocenters. The molecule has 0 bridgehead atoms. The Labute approximate surface area is 105 Å². The molecule has 1 aromatic rings. The number of nitrogens with two attached hydrogens (primary N) is 1. The highest BCUT2D eigenvalue weighted by molar-refractivity contribution is 5.27. The number of rotatable bonds is 6. The van der Waals surface area contributed by atoms with E-state index < -0.39 is 0 Å². The first-order chi connectivity index (χ1) is 8.08. The normalized spacial score (nSPS) is 14.9. The van der Waals surface area contributed by atoms with E-state index in [9.17, 15) is 0 Å². The van der Waals surface area contributed by atoms with Crippen LogP contribution in [0.4, 0.5) is 0 Å². The van der Waals surface area contributed by atoms with Crippen molar-refractivity contribution >= 4 is 0 Å². The SMILES string of the molecule is CCC(OC)C(N)c1cccc(CC(C)C)c1. The maximum absolute atomic E-state index is 6.23. The smallest absolute Gasteiger partial charge is 0.0761 e. The third kappa shape index (κ3) is 4.14. The number of ether oxygens (including phenoxy) is 1. The van der Waals surface area contributed by atoms with Crippen LogP contribution in [-0.4, -0.2) is 13.2 Å². The summed E-state index contributed by atoms with van der Waals surface area (Å²) >= 11 is 0. The summed E-state index contributed by atoms with van der Waals surface area (Å²) in [5.41, 5.74) is 8.77. The molecule has 2 N–H and O–H groups in total. The van der Waals surface area contributed by atoms with Crippen LogP contribution >= 0.6 is 0 Å². The molecule has 0 heterocycles. The van der Waals surface area contributed by atoms with Crippen LogP contribution in [0, 0.1) is 5.92 Å². The minimum Gasteiger partial charge on any atom is -0.379 e. The van der Waals surface area contributed by atoms with Gasteiger partial charge in [-0.3, -0.25) is 0 Å². The second kappa shape index (κ2) is 6.77. The molecule has 0 amide bonds. The molecule has 1 rings (SSSR count). The number of hydrogen-bond acceptors (Lipinski definition) is 2. The average Bonchev–Trinajstić information content (AvgIpc) is 2.30. The van der Waals surface area contributed by atoms with E-state index in [1.807, 2.05) is 0 Å². The van der Waals surface area contributed by atoms with Gasteiger partial charge in [-0.05, 0) is 29.9 Å². The van der Waals surface area contributed by atoms with Crippen molar-refractivity contribution in [3.8, 4) is 0 Å². The average molecular weight is 235 g/mol. The highest BCUT2D eigenvalue weighted by atomic mass is 16.5. The van der Waals surface area contributed by atoms with Crippen LogP contribution in [0.3, 0.4) is 0 Å². The Hall–Kier alpha value is -0.860. The van der Waals surface area contributed by atoms with Crippen molar-refractivity contribution in [2.24, 2.45) is 11.7 Å². The zero-order valence-electron chi connectivity index (χ0n) is 11.4. The monoisotopic (exact) mass is 235 g/mol. The maximum Gasteiger partial charge on any atom is 0.0761 e. The quantitative estimate of drug-likeness (QED) is 0.821. The standard InChI is InChI=1S/C15H25NO/c1-5-14(17-4)15(16)13-8-6-7-12(10-13)9-11(2)3/h6-8,10-11,14-15H,5,9,16H2,1-4H3. The van der Waals surface area contributed by atoms with E-state index in [1.165, 1.54) is 11.1 Å². The largest absolute Gasteiger partial charge is 0.379 e. The van der Waals surface area contributed by atoms with Gasteiger partial charge in [-0.1, -0.05) is 45.0 Å². The summed E-state index contributed by atoms with van der Waals surface area (Å²) in [6, 6.07) is 8.54. The van der Waals surface area contributed by atoms with Crippen LogP contribution in [0.1, 0.15) is 44.4 Å². The first-order valence-electron chi connectivity index (χ1n) is 6.45. The summed E-state index contributed by atoms with van der Waals surface area (Å²) in [5, 5.41) is 0. The van der Waals surface area contributed by atoms with Gasteiger partial charge in [0.15, 0.2) is 0 Å². The fourth-order valence-electron chi connectivity index (χ4n) is 2.18. The fourth-order valence-corrected chi connectivity index (χ4v) is 2.18. The minimum atomic E-state index is -0.0305. The number of methoxy groups -OCH3 is 1. The molecule has 2 heteroatoms. The Morgan fingerprint density at radius 1 is 1.29 bits per heavy atom. The molecule has 17 heavy (non-hydrogen) atoms. The van der Waals surface area contributed by atoms with Crippen LogP contribution in [0.2, 0.25) is 0 Å². The second-order valence-electron chi connectivity index (χ2n) is 5.05. The van der Waals surface area contributed by atoms with Crippen molar-refractivity contribution in [3.05, 3.63) is 35.4 Å². The summed E-state index contributed by atoms with van der Waals surface area (Å²) in [7, 11) is 1.73. The molecule has 0 aliphatic rings. The van der Waals surface area contributed by atoms with Gasteiger partial charge in [0.25, 0.3) is 0 Å². The van der Waals surface area contributed by atoms with Crippen molar-refractivity contribution in [1.29, 1.82) is 0 Å². The van der Waals surface area contributed by atoms with E-state index in [-0.39, 0.29) is 12.1 Å². The molecule has 0 fully saturated rings. The lowest BCUT2D eigenvalue weighted by Gasteiger charge is -2.22. The molecule has 0 aromatic heterocycles. The molecule has 2 unspecified atom stereocenters. The number of hydrogen-bond donors (Lipinski definition) is 1. The van der Waals surface area contributed by atoms with E-state index >= 15 is 0 Å². The van der Waals surface area contributed by atoms with Crippen molar-refractivity contribution in [3.63, 3.8) is 0 Å². The molecule has 0 spiro atoms. The zero-order chi connectivity index (χ0) is 12.8. The molecule has 0 aliphatic heterocycles. The van der Waals surface area contributed by atoms with Gasteiger partial charge in [0, 0.05) is 7.11 Å².